The van der Waals surface area contributed by atoms with Gasteiger partial charge in [-0.1, -0.05) is 23.9 Å². The lowest BCUT2D eigenvalue weighted by atomic mass is 10.2. The lowest BCUT2D eigenvalue weighted by molar-refractivity contribution is -0.120. The molecule has 6 heteroatoms. The third-order valence-electron chi connectivity index (χ3n) is 3.04. The summed E-state index contributed by atoms with van der Waals surface area (Å²) in [6, 6.07) is 7.69. The minimum absolute atomic E-state index is 0.0289. The number of fused-ring (bicyclic) bond motifs is 1. The van der Waals surface area contributed by atoms with E-state index in [9.17, 15) is 4.79 Å². The van der Waals surface area contributed by atoms with Crippen molar-refractivity contribution in [2.45, 2.75) is 25.5 Å². The van der Waals surface area contributed by atoms with E-state index in [1.54, 1.807) is 0 Å². The van der Waals surface area contributed by atoms with Crippen LogP contribution in [0.25, 0.3) is 0 Å². The number of nitrogens with one attached hydrogen (secondary N) is 1. The van der Waals surface area contributed by atoms with Crippen LogP contribution in [-0.2, 0) is 4.79 Å². The van der Waals surface area contributed by atoms with E-state index in [4.69, 9.17) is 9.47 Å². The predicted octanol–water partition coefficient (Wildman–Crippen LogP) is 1.82. The Morgan fingerprint density at radius 1 is 1.40 bits per heavy atom. The van der Waals surface area contributed by atoms with E-state index in [1.807, 2.05) is 31.2 Å². The van der Waals surface area contributed by atoms with Crippen molar-refractivity contribution in [1.82, 2.24) is 5.32 Å². The molecule has 1 N–H and O–H groups in total. The van der Waals surface area contributed by atoms with Gasteiger partial charge in [0.15, 0.2) is 16.7 Å². The summed E-state index contributed by atoms with van der Waals surface area (Å²) in [6.07, 6.45) is 0.423. The molecule has 1 amide bonds. The van der Waals surface area contributed by atoms with Gasteiger partial charge in [-0.05, 0) is 19.1 Å². The molecule has 2 heterocycles. The van der Waals surface area contributed by atoms with Crippen molar-refractivity contribution in [2.75, 3.05) is 12.4 Å². The minimum atomic E-state index is -0.0354. The molecule has 1 aromatic carbocycles. The highest BCUT2D eigenvalue weighted by molar-refractivity contribution is 8.13. The average molecular weight is 292 g/mol. The number of nitrogens with zero attached hydrogens (tertiary/aromatic N) is 1. The highest BCUT2D eigenvalue weighted by atomic mass is 32.2. The van der Waals surface area contributed by atoms with Gasteiger partial charge in [0, 0.05) is 12.2 Å². The molecule has 0 saturated carbocycles. The van der Waals surface area contributed by atoms with Gasteiger partial charge in [-0.2, -0.15) is 0 Å². The molecule has 0 spiro atoms. The van der Waals surface area contributed by atoms with Gasteiger partial charge in [0.1, 0.15) is 12.7 Å². The Morgan fingerprint density at radius 2 is 2.20 bits per heavy atom. The molecule has 1 aromatic rings. The second-order valence-corrected chi connectivity index (χ2v) is 5.85. The van der Waals surface area contributed by atoms with Crippen molar-refractivity contribution in [3.8, 4) is 11.5 Å². The number of rotatable bonds is 2. The molecule has 0 aromatic heterocycles. The summed E-state index contributed by atoms with van der Waals surface area (Å²) in [5.41, 5.74) is 0. The molecule has 3 rings (SSSR count). The van der Waals surface area contributed by atoms with Gasteiger partial charge in [0.05, 0.1) is 6.04 Å². The topological polar surface area (TPSA) is 59.9 Å². The third-order valence-corrected chi connectivity index (χ3v) is 4.06. The predicted molar refractivity (Wildman–Crippen MR) is 78.5 cm³/mol. The summed E-state index contributed by atoms with van der Waals surface area (Å²) in [4.78, 5) is 15.9. The van der Waals surface area contributed by atoms with Gasteiger partial charge in [-0.3, -0.25) is 9.79 Å². The number of amidine groups is 1. The maximum absolute atomic E-state index is 11.4. The van der Waals surface area contributed by atoms with Gasteiger partial charge in [0.25, 0.3) is 0 Å². The number of carbonyl (C=O) groups is 1. The number of hydrogen-bond donors (Lipinski definition) is 1. The van der Waals surface area contributed by atoms with Crippen LogP contribution in [0.3, 0.4) is 0 Å². The summed E-state index contributed by atoms with van der Waals surface area (Å²) in [6.45, 7) is 2.45. The molecule has 0 unspecified atom stereocenters. The van der Waals surface area contributed by atoms with Crippen LogP contribution in [0.2, 0.25) is 0 Å². The zero-order chi connectivity index (χ0) is 13.9. The first kappa shape index (κ1) is 13.3. The SMILES string of the molecule is C[C@H]1CC(=O)NC(SC[C@@H]2COc3ccccc3O2)=N1. The summed E-state index contributed by atoms with van der Waals surface area (Å²) in [5.74, 6) is 2.28. The van der Waals surface area contributed by atoms with E-state index in [-0.39, 0.29) is 18.1 Å². The molecule has 0 saturated heterocycles. The largest absolute Gasteiger partial charge is 0.486 e. The molecule has 106 valence electrons. The molecule has 5 nitrogen and oxygen atoms in total. The van der Waals surface area contributed by atoms with Crippen molar-refractivity contribution in [3.05, 3.63) is 24.3 Å². The Labute approximate surface area is 121 Å². The fourth-order valence-corrected chi connectivity index (χ4v) is 3.06. The number of aliphatic imine (C=N–C) groups is 1. The van der Waals surface area contributed by atoms with Crippen molar-refractivity contribution in [2.24, 2.45) is 4.99 Å². The molecule has 0 fully saturated rings. The molecule has 0 aliphatic carbocycles. The molecular weight excluding hydrogens is 276 g/mol. The van der Waals surface area contributed by atoms with E-state index in [0.29, 0.717) is 23.9 Å². The molecule has 0 bridgehead atoms. The number of benzene rings is 1. The number of thioether (sulfide) groups is 1. The maximum atomic E-state index is 11.4. The van der Waals surface area contributed by atoms with Crippen LogP contribution >= 0.6 is 11.8 Å². The Kier molecular flexibility index (Phi) is 3.82. The standard InChI is InChI=1S/C14H16N2O3S/c1-9-6-13(17)16-14(15-9)20-8-10-7-18-11-4-2-3-5-12(11)19-10/h2-5,9-10H,6-8H2,1H3,(H,15,16,17)/t9-,10-/m0/s1. The first-order valence-electron chi connectivity index (χ1n) is 6.59. The van der Waals surface area contributed by atoms with Crippen LogP contribution < -0.4 is 14.8 Å². The quantitative estimate of drug-likeness (QED) is 0.903. The van der Waals surface area contributed by atoms with Crippen LogP contribution in [0.15, 0.2) is 29.3 Å². The number of carbonyl (C=O) groups excluding carboxylic acids is 1. The normalized spacial score (nSPS) is 24.9. The van der Waals surface area contributed by atoms with Crippen LogP contribution in [0.5, 0.6) is 11.5 Å². The molecule has 0 radical (unpaired) electrons. The van der Waals surface area contributed by atoms with E-state index < -0.39 is 0 Å². The minimum Gasteiger partial charge on any atom is -0.486 e. The van der Waals surface area contributed by atoms with Crippen molar-refractivity contribution in [3.63, 3.8) is 0 Å². The average Bonchev–Trinajstić information content (AvgIpc) is 2.44. The Hall–Kier alpha value is -1.69. The fourth-order valence-electron chi connectivity index (χ4n) is 2.11. The zero-order valence-electron chi connectivity index (χ0n) is 11.2. The summed E-state index contributed by atoms with van der Waals surface area (Å²) in [7, 11) is 0. The lowest BCUT2D eigenvalue weighted by Gasteiger charge is -2.26. The summed E-state index contributed by atoms with van der Waals surface area (Å²) >= 11 is 1.50. The fraction of sp³-hybridized carbons (Fsp3) is 0.429. The number of amides is 1. The highest BCUT2D eigenvalue weighted by Crippen LogP contribution is 2.31. The zero-order valence-corrected chi connectivity index (χ0v) is 12.0. The van der Waals surface area contributed by atoms with E-state index >= 15 is 0 Å². The summed E-state index contributed by atoms with van der Waals surface area (Å²) in [5, 5.41) is 3.46. The smallest absolute Gasteiger partial charge is 0.228 e. The third kappa shape index (κ3) is 3.07. The molecule has 20 heavy (non-hydrogen) atoms. The van der Waals surface area contributed by atoms with Crippen molar-refractivity contribution < 1.29 is 14.3 Å². The lowest BCUT2D eigenvalue weighted by Crippen LogP contribution is -2.38. The molecule has 2 atom stereocenters. The Morgan fingerprint density at radius 3 is 3.00 bits per heavy atom. The van der Waals surface area contributed by atoms with Gasteiger partial charge in [-0.15, -0.1) is 0 Å². The highest BCUT2D eigenvalue weighted by Gasteiger charge is 2.23. The van der Waals surface area contributed by atoms with Crippen molar-refractivity contribution >= 4 is 22.8 Å². The van der Waals surface area contributed by atoms with E-state index in [1.165, 1.54) is 11.8 Å². The first-order chi connectivity index (χ1) is 9.70. The first-order valence-corrected chi connectivity index (χ1v) is 7.58. The van der Waals surface area contributed by atoms with Gasteiger partial charge < -0.3 is 14.8 Å². The van der Waals surface area contributed by atoms with E-state index in [0.717, 1.165) is 11.5 Å². The monoisotopic (exact) mass is 292 g/mol. The number of ether oxygens (including phenoxy) is 2. The maximum Gasteiger partial charge on any atom is 0.228 e. The van der Waals surface area contributed by atoms with E-state index in [2.05, 4.69) is 10.3 Å². The van der Waals surface area contributed by atoms with Gasteiger partial charge >= 0.3 is 0 Å². The molecule has 2 aliphatic rings. The van der Waals surface area contributed by atoms with Crippen LogP contribution in [0.1, 0.15) is 13.3 Å². The number of hydrogen-bond acceptors (Lipinski definition) is 5. The van der Waals surface area contributed by atoms with Crippen LogP contribution in [-0.4, -0.2) is 35.6 Å². The van der Waals surface area contributed by atoms with Crippen LogP contribution in [0, 0.1) is 0 Å². The van der Waals surface area contributed by atoms with Gasteiger partial charge in [0.2, 0.25) is 5.91 Å². The Bertz CT molecular complexity index is 547. The summed E-state index contributed by atoms with van der Waals surface area (Å²) < 4.78 is 11.5. The second kappa shape index (κ2) is 5.75. The van der Waals surface area contributed by atoms with Crippen LogP contribution in [0.4, 0.5) is 0 Å². The van der Waals surface area contributed by atoms with Crippen molar-refractivity contribution in [1.29, 1.82) is 0 Å². The Balaban J connectivity index is 1.57. The van der Waals surface area contributed by atoms with Gasteiger partial charge in [-0.25, -0.2) is 0 Å². The molecular formula is C14H16N2O3S. The number of para-hydroxylation sites is 2. The molecule has 2 aliphatic heterocycles. The second-order valence-electron chi connectivity index (χ2n) is 4.84.